The van der Waals surface area contributed by atoms with Gasteiger partial charge in [0.05, 0.1) is 6.07 Å². The van der Waals surface area contributed by atoms with Crippen LogP contribution in [0.3, 0.4) is 0 Å². The van der Waals surface area contributed by atoms with E-state index in [9.17, 15) is 4.79 Å². The summed E-state index contributed by atoms with van der Waals surface area (Å²) >= 11 is 1.71. The fourth-order valence-corrected chi connectivity index (χ4v) is 4.59. The van der Waals surface area contributed by atoms with Gasteiger partial charge in [-0.15, -0.1) is 11.3 Å². The molecule has 0 aliphatic carbocycles. The predicted octanol–water partition coefficient (Wildman–Crippen LogP) is 4.31. The number of fused-ring (bicyclic) bond motifs is 1. The average molecular weight is 379 g/mol. The smallest absolute Gasteiger partial charge is 0.317 e. The van der Waals surface area contributed by atoms with Crippen molar-refractivity contribution in [1.29, 1.82) is 5.26 Å². The molecule has 5 nitrogen and oxygen atoms in total. The highest BCUT2D eigenvalue weighted by Crippen LogP contribution is 2.32. The number of benzene rings is 1. The van der Waals surface area contributed by atoms with Gasteiger partial charge in [-0.2, -0.15) is 5.26 Å². The number of piperidine rings is 1. The maximum Gasteiger partial charge on any atom is 0.317 e. The molecule has 1 aliphatic rings. The molecule has 0 bridgehead atoms. The molecule has 0 spiro atoms. The number of rotatable bonds is 4. The molecule has 3 aromatic rings. The Morgan fingerprint density at radius 2 is 2.11 bits per heavy atom. The Morgan fingerprint density at radius 1 is 1.30 bits per heavy atom. The van der Waals surface area contributed by atoms with Crippen molar-refractivity contribution >= 4 is 28.3 Å². The summed E-state index contributed by atoms with van der Waals surface area (Å²) in [6.45, 7) is 1.86. The zero-order valence-corrected chi connectivity index (χ0v) is 15.8. The van der Waals surface area contributed by atoms with Crippen LogP contribution in [0, 0.1) is 17.2 Å². The van der Waals surface area contributed by atoms with Crippen molar-refractivity contribution in [1.82, 2.24) is 15.2 Å². The number of nitrogens with one attached hydrogen (secondary N) is 2. The number of nitriles is 1. The number of aromatic amines is 1. The summed E-state index contributed by atoms with van der Waals surface area (Å²) in [5, 5.41) is 15.4. The number of nitrogens with zero attached hydrogens (tertiary/aromatic N) is 2. The predicted molar refractivity (Wildman–Crippen MR) is 108 cm³/mol. The Balaban J connectivity index is 1.50. The van der Waals surface area contributed by atoms with Gasteiger partial charge in [0.1, 0.15) is 0 Å². The molecule has 0 saturated carbocycles. The Hall–Kier alpha value is -2.78. The van der Waals surface area contributed by atoms with Crippen molar-refractivity contribution in [2.45, 2.75) is 18.8 Å². The normalized spacial score (nSPS) is 16.2. The Bertz CT molecular complexity index is 948. The molecule has 2 amide bonds. The van der Waals surface area contributed by atoms with Gasteiger partial charge in [-0.25, -0.2) is 4.79 Å². The van der Waals surface area contributed by atoms with Crippen molar-refractivity contribution in [3.63, 3.8) is 0 Å². The Morgan fingerprint density at radius 3 is 2.85 bits per heavy atom. The molecule has 3 heterocycles. The third-order valence-electron chi connectivity index (χ3n) is 5.31. The minimum atomic E-state index is -0.0345. The number of hydrogen-bond acceptors (Lipinski definition) is 3. The number of carbonyl (C=O) groups is 1. The molecular weight excluding hydrogens is 356 g/mol. The van der Waals surface area contributed by atoms with E-state index < -0.39 is 0 Å². The van der Waals surface area contributed by atoms with Crippen LogP contribution >= 0.6 is 11.3 Å². The highest BCUT2D eigenvalue weighted by Gasteiger charge is 2.24. The van der Waals surface area contributed by atoms with Gasteiger partial charge in [0.2, 0.25) is 0 Å². The molecular formula is C21H22N4OS. The summed E-state index contributed by atoms with van der Waals surface area (Å²) in [6, 6.07) is 14.7. The van der Waals surface area contributed by atoms with Crippen molar-refractivity contribution in [3.8, 4) is 6.07 Å². The van der Waals surface area contributed by atoms with E-state index in [1.165, 1.54) is 15.8 Å². The molecule has 1 saturated heterocycles. The standard InChI is InChI=1S/C21H22N4OS/c22-12-15-7-9-25(10-8-15)21(26)24-14-18(20-6-3-11-27-20)17-13-23-19-5-2-1-4-16(17)19/h1-6,11,13,15,18,23H,7-10,14H2,(H,24,26)/t18-/m1/s1. The van der Waals surface area contributed by atoms with Crippen LogP contribution in [0.2, 0.25) is 0 Å². The summed E-state index contributed by atoms with van der Waals surface area (Å²) < 4.78 is 0. The summed E-state index contributed by atoms with van der Waals surface area (Å²) in [6.07, 6.45) is 3.58. The average Bonchev–Trinajstić information content (AvgIpc) is 3.39. The van der Waals surface area contributed by atoms with Crippen LogP contribution < -0.4 is 5.32 Å². The van der Waals surface area contributed by atoms with Gasteiger partial charge in [0.15, 0.2) is 0 Å². The summed E-state index contributed by atoms with van der Waals surface area (Å²) in [4.78, 5) is 19.0. The number of para-hydroxylation sites is 1. The molecule has 1 aromatic carbocycles. The molecule has 1 atom stereocenters. The van der Waals surface area contributed by atoms with E-state index in [1.807, 2.05) is 17.0 Å². The number of aromatic nitrogens is 1. The first kappa shape index (κ1) is 17.6. The summed E-state index contributed by atoms with van der Waals surface area (Å²) in [5.74, 6) is 0.195. The van der Waals surface area contributed by atoms with Gasteiger partial charge in [-0.05, 0) is 35.9 Å². The lowest BCUT2D eigenvalue weighted by atomic mass is 9.96. The van der Waals surface area contributed by atoms with E-state index in [4.69, 9.17) is 5.26 Å². The first-order valence-electron chi connectivity index (χ1n) is 9.28. The lowest BCUT2D eigenvalue weighted by Gasteiger charge is -2.29. The number of thiophene rings is 1. The lowest BCUT2D eigenvalue weighted by molar-refractivity contribution is 0.179. The number of amides is 2. The molecule has 1 aliphatic heterocycles. The van der Waals surface area contributed by atoms with E-state index in [-0.39, 0.29) is 17.9 Å². The Kier molecular flexibility index (Phi) is 5.12. The van der Waals surface area contributed by atoms with E-state index in [0.29, 0.717) is 19.6 Å². The minimum Gasteiger partial charge on any atom is -0.361 e. The van der Waals surface area contributed by atoms with E-state index >= 15 is 0 Å². The van der Waals surface area contributed by atoms with Crippen molar-refractivity contribution in [2.24, 2.45) is 5.92 Å². The molecule has 2 N–H and O–H groups in total. The molecule has 0 unspecified atom stereocenters. The quantitative estimate of drug-likeness (QED) is 0.710. The Labute approximate surface area is 162 Å². The molecule has 6 heteroatoms. The van der Waals surface area contributed by atoms with Crippen molar-refractivity contribution in [3.05, 3.63) is 58.4 Å². The monoisotopic (exact) mass is 378 g/mol. The molecule has 1 fully saturated rings. The largest absolute Gasteiger partial charge is 0.361 e. The third kappa shape index (κ3) is 3.69. The highest BCUT2D eigenvalue weighted by molar-refractivity contribution is 7.10. The molecule has 27 heavy (non-hydrogen) atoms. The minimum absolute atomic E-state index is 0.0345. The summed E-state index contributed by atoms with van der Waals surface area (Å²) in [5.41, 5.74) is 2.32. The first-order valence-corrected chi connectivity index (χ1v) is 10.2. The number of hydrogen-bond donors (Lipinski definition) is 2. The topological polar surface area (TPSA) is 71.9 Å². The van der Waals surface area contributed by atoms with Crippen LogP contribution in [-0.4, -0.2) is 35.5 Å². The van der Waals surface area contributed by atoms with Crippen molar-refractivity contribution in [2.75, 3.05) is 19.6 Å². The van der Waals surface area contributed by atoms with Gasteiger partial charge in [0.25, 0.3) is 0 Å². The second-order valence-electron chi connectivity index (χ2n) is 6.93. The molecule has 0 radical (unpaired) electrons. The van der Waals surface area contributed by atoms with Crippen LogP contribution in [0.5, 0.6) is 0 Å². The third-order valence-corrected chi connectivity index (χ3v) is 6.29. The molecule has 4 rings (SSSR count). The number of carbonyl (C=O) groups excluding carboxylic acids is 1. The fourth-order valence-electron chi connectivity index (χ4n) is 3.75. The van der Waals surface area contributed by atoms with Gasteiger partial charge >= 0.3 is 6.03 Å². The second-order valence-corrected chi connectivity index (χ2v) is 7.91. The van der Waals surface area contributed by atoms with Crippen LogP contribution in [0.4, 0.5) is 4.79 Å². The van der Waals surface area contributed by atoms with E-state index in [2.05, 4.69) is 52.2 Å². The second kappa shape index (κ2) is 7.85. The summed E-state index contributed by atoms with van der Waals surface area (Å²) in [7, 11) is 0. The lowest BCUT2D eigenvalue weighted by Crippen LogP contribution is -2.45. The fraction of sp³-hybridized carbons (Fsp3) is 0.333. The van der Waals surface area contributed by atoms with Crippen LogP contribution in [0.25, 0.3) is 10.9 Å². The van der Waals surface area contributed by atoms with Gasteiger partial charge in [-0.1, -0.05) is 24.3 Å². The van der Waals surface area contributed by atoms with Crippen LogP contribution in [-0.2, 0) is 0 Å². The molecule has 2 aromatic heterocycles. The number of H-pyrrole nitrogens is 1. The SMILES string of the molecule is N#CC1CCN(C(=O)NC[C@@H](c2cccs2)c2c[nH]c3ccccc23)CC1. The zero-order valence-electron chi connectivity index (χ0n) is 15.0. The van der Waals surface area contributed by atoms with E-state index in [1.54, 1.807) is 11.3 Å². The van der Waals surface area contributed by atoms with Gasteiger partial charge in [0, 0.05) is 53.4 Å². The molecule has 138 valence electrons. The van der Waals surface area contributed by atoms with E-state index in [0.717, 1.165) is 18.4 Å². The maximum atomic E-state index is 12.6. The van der Waals surface area contributed by atoms with Gasteiger partial charge in [-0.3, -0.25) is 0 Å². The highest BCUT2D eigenvalue weighted by atomic mass is 32.1. The zero-order chi connectivity index (χ0) is 18.6. The number of urea groups is 1. The van der Waals surface area contributed by atoms with Gasteiger partial charge < -0.3 is 15.2 Å². The number of likely N-dealkylation sites (tertiary alicyclic amines) is 1. The first-order chi connectivity index (χ1) is 13.3. The van der Waals surface area contributed by atoms with Crippen LogP contribution in [0.15, 0.2) is 48.0 Å². The van der Waals surface area contributed by atoms with Crippen molar-refractivity contribution < 1.29 is 4.79 Å². The van der Waals surface area contributed by atoms with Crippen LogP contribution in [0.1, 0.15) is 29.2 Å². The maximum absolute atomic E-state index is 12.6.